The first kappa shape index (κ1) is 14.1. The van der Waals surface area contributed by atoms with E-state index in [-0.39, 0.29) is 0 Å². The quantitative estimate of drug-likeness (QED) is 0.867. The third-order valence-electron chi connectivity index (χ3n) is 3.60. The maximum absolute atomic E-state index is 9.77. The molecule has 0 saturated heterocycles. The van der Waals surface area contributed by atoms with Crippen LogP contribution in [0.15, 0.2) is 24.3 Å². The first-order chi connectivity index (χ1) is 8.87. The Morgan fingerprint density at radius 3 is 2.58 bits per heavy atom. The topological polar surface area (TPSA) is 39.3 Å². The summed E-state index contributed by atoms with van der Waals surface area (Å²) in [4.78, 5) is 5.73. The summed E-state index contributed by atoms with van der Waals surface area (Å²) in [6, 6.07) is 8.40. The van der Waals surface area contributed by atoms with Gasteiger partial charge in [0, 0.05) is 29.7 Å². The Bertz CT molecular complexity index is 551. The van der Waals surface area contributed by atoms with Crippen molar-refractivity contribution in [3.63, 3.8) is 0 Å². The minimum atomic E-state index is -0.593. The van der Waals surface area contributed by atoms with E-state index in [0.29, 0.717) is 0 Å². The second-order valence-corrected chi connectivity index (χ2v) is 6.07. The average Bonchev–Trinajstić information content (AvgIpc) is 2.64. The molecule has 1 heterocycles. The van der Waals surface area contributed by atoms with Crippen LogP contribution >= 0.6 is 0 Å². The summed E-state index contributed by atoms with van der Waals surface area (Å²) in [7, 11) is 2.09. The van der Waals surface area contributed by atoms with Gasteiger partial charge in [0.15, 0.2) is 0 Å². The van der Waals surface area contributed by atoms with Crippen LogP contribution in [0.5, 0.6) is 0 Å². The average molecular weight is 260 g/mol. The van der Waals surface area contributed by atoms with Crippen molar-refractivity contribution < 1.29 is 5.11 Å². The van der Waals surface area contributed by atoms with Crippen LogP contribution in [0.3, 0.4) is 0 Å². The summed E-state index contributed by atoms with van der Waals surface area (Å²) in [5.41, 5.74) is 3.19. The third kappa shape index (κ3) is 3.58. The normalized spacial score (nSPS) is 12.5. The van der Waals surface area contributed by atoms with E-state index in [2.05, 4.69) is 48.1 Å². The number of hydrogen-bond acceptors (Lipinski definition) is 2. The summed E-state index contributed by atoms with van der Waals surface area (Å²) in [5.74, 6) is 0. The van der Waals surface area contributed by atoms with E-state index >= 15 is 0 Å². The molecule has 0 bridgehead atoms. The van der Waals surface area contributed by atoms with Crippen molar-refractivity contribution in [3.05, 3.63) is 35.5 Å². The van der Waals surface area contributed by atoms with Crippen LogP contribution in [0.4, 0.5) is 0 Å². The van der Waals surface area contributed by atoms with E-state index < -0.39 is 5.60 Å². The highest BCUT2D eigenvalue weighted by Gasteiger charge is 2.14. The van der Waals surface area contributed by atoms with Crippen molar-refractivity contribution in [2.24, 2.45) is 0 Å². The lowest BCUT2D eigenvalue weighted by atomic mass is 10.1. The van der Waals surface area contributed by atoms with E-state index in [0.717, 1.165) is 19.5 Å². The van der Waals surface area contributed by atoms with Gasteiger partial charge in [-0.3, -0.25) is 0 Å². The molecule has 104 valence electrons. The number of aromatic amines is 1. The second-order valence-electron chi connectivity index (χ2n) is 6.07. The zero-order valence-corrected chi connectivity index (χ0v) is 12.3. The molecule has 1 aromatic heterocycles. The van der Waals surface area contributed by atoms with Crippen molar-refractivity contribution in [1.82, 2.24) is 9.88 Å². The maximum atomic E-state index is 9.77. The number of aliphatic hydroxyl groups is 1. The molecule has 0 aliphatic carbocycles. The molecule has 1 aromatic carbocycles. The Kier molecular flexibility index (Phi) is 3.97. The lowest BCUT2D eigenvalue weighted by Gasteiger charge is -2.22. The molecular weight excluding hydrogens is 236 g/mol. The van der Waals surface area contributed by atoms with Gasteiger partial charge in [-0.1, -0.05) is 18.2 Å². The Balaban J connectivity index is 2.07. The number of aromatic nitrogens is 1. The van der Waals surface area contributed by atoms with Crippen molar-refractivity contribution in [3.8, 4) is 0 Å². The molecule has 0 saturated carbocycles. The third-order valence-corrected chi connectivity index (χ3v) is 3.60. The van der Waals surface area contributed by atoms with Crippen molar-refractivity contribution >= 4 is 10.9 Å². The highest BCUT2D eigenvalue weighted by molar-refractivity contribution is 5.84. The number of aryl methyl sites for hydroxylation is 1. The van der Waals surface area contributed by atoms with E-state index in [9.17, 15) is 5.11 Å². The summed E-state index contributed by atoms with van der Waals surface area (Å²) in [5, 5.41) is 11.1. The monoisotopic (exact) mass is 260 g/mol. The predicted molar refractivity (Wildman–Crippen MR) is 80.3 cm³/mol. The Morgan fingerprint density at radius 2 is 1.95 bits per heavy atom. The van der Waals surface area contributed by atoms with Gasteiger partial charge >= 0.3 is 0 Å². The first-order valence-electron chi connectivity index (χ1n) is 6.84. The van der Waals surface area contributed by atoms with E-state index in [1.807, 2.05) is 13.8 Å². The number of nitrogens with one attached hydrogen (secondary N) is 1. The van der Waals surface area contributed by atoms with Gasteiger partial charge in [0.2, 0.25) is 0 Å². The fraction of sp³-hybridized carbons (Fsp3) is 0.500. The maximum Gasteiger partial charge on any atom is 0.0603 e. The fourth-order valence-electron chi connectivity index (χ4n) is 2.31. The lowest BCUT2D eigenvalue weighted by molar-refractivity contribution is 0.0598. The van der Waals surface area contributed by atoms with Crippen molar-refractivity contribution in [2.45, 2.75) is 39.3 Å². The molecule has 0 aliphatic heterocycles. The van der Waals surface area contributed by atoms with Gasteiger partial charge in [-0.25, -0.2) is 0 Å². The molecule has 2 N–H and O–H groups in total. The number of fused-ring (bicyclic) bond motifs is 1. The summed E-state index contributed by atoms with van der Waals surface area (Å²) < 4.78 is 0. The minimum Gasteiger partial charge on any atom is -0.390 e. The summed E-state index contributed by atoms with van der Waals surface area (Å²) in [6.45, 7) is 7.65. The Hall–Kier alpha value is -1.32. The van der Waals surface area contributed by atoms with Gasteiger partial charge in [-0.2, -0.15) is 0 Å². The summed E-state index contributed by atoms with van der Waals surface area (Å²) in [6.07, 6.45) is 0.781. The summed E-state index contributed by atoms with van der Waals surface area (Å²) >= 11 is 0. The fourth-order valence-corrected chi connectivity index (χ4v) is 2.31. The van der Waals surface area contributed by atoms with Crippen LogP contribution in [0.1, 0.15) is 31.5 Å². The number of para-hydroxylation sites is 1. The van der Waals surface area contributed by atoms with Crippen LogP contribution < -0.4 is 0 Å². The molecule has 3 nitrogen and oxygen atoms in total. The van der Waals surface area contributed by atoms with Crippen LogP contribution in [0.25, 0.3) is 10.9 Å². The second kappa shape index (κ2) is 5.35. The Labute approximate surface area is 115 Å². The molecule has 0 unspecified atom stereocenters. The van der Waals surface area contributed by atoms with Crippen LogP contribution in [0.2, 0.25) is 0 Å². The van der Waals surface area contributed by atoms with Gasteiger partial charge in [0.1, 0.15) is 0 Å². The van der Waals surface area contributed by atoms with E-state index in [1.54, 1.807) is 0 Å². The molecule has 0 fully saturated rings. The molecule has 2 rings (SSSR count). The number of benzene rings is 1. The molecule has 0 radical (unpaired) electrons. The first-order valence-corrected chi connectivity index (χ1v) is 6.84. The van der Waals surface area contributed by atoms with Gasteiger partial charge < -0.3 is 15.0 Å². The van der Waals surface area contributed by atoms with Crippen LogP contribution in [-0.4, -0.2) is 34.2 Å². The van der Waals surface area contributed by atoms with Gasteiger partial charge in [-0.15, -0.1) is 0 Å². The van der Waals surface area contributed by atoms with E-state index in [4.69, 9.17) is 0 Å². The lowest BCUT2D eigenvalue weighted by Crippen LogP contribution is -2.28. The minimum absolute atomic E-state index is 0.593. The van der Waals surface area contributed by atoms with Crippen molar-refractivity contribution in [1.29, 1.82) is 0 Å². The zero-order valence-electron chi connectivity index (χ0n) is 12.3. The number of nitrogens with zero attached hydrogens (tertiary/aromatic N) is 1. The zero-order chi connectivity index (χ0) is 14.0. The molecule has 0 spiro atoms. The number of rotatable bonds is 5. The van der Waals surface area contributed by atoms with Crippen molar-refractivity contribution in [2.75, 3.05) is 13.6 Å². The highest BCUT2D eigenvalue weighted by Crippen LogP contribution is 2.22. The van der Waals surface area contributed by atoms with Gasteiger partial charge in [0.05, 0.1) is 5.60 Å². The molecular formula is C16H24N2O. The van der Waals surface area contributed by atoms with Crippen LogP contribution in [0, 0.1) is 6.92 Å². The number of H-pyrrole nitrogens is 1. The van der Waals surface area contributed by atoms with E-state index in [1.165, 1.54) is 22.2 Å². The molecule has 0 amide bonds. The molecule has 19 heavy (non-hydrogen) atoms. The predicted octanol–water partition coefficient (Wildman–Crippen LogP) is 3.07. The standard InChI is InChI=1S/C16H24N2O/c1-12-13-7-5-6-8-14(13)17-15(12)11-18(4)10-9-16(2,3)19/h5-8,17,19H,9-11H2,1-4H3. The molecule has 3 heteroatoms. The smallest absolute Gasteiger partial charge is 0.0603 e. The van der Waals surface area contributed by atoms with Gasteiger partial charge in [0.25, 0.3) is 0 Å². The molecule has 0 aliphatic rings. The SMILES string of the molecule is Cc1c(CN(C)CCC(C)(C)O)[nH]c2ccccc12. The molecule has 0 atom stereocenters. The largest absolute Gasteiger partial charge is 0.390 e. The van der Waals surface area contributed by atoms with Crippen LogP contribution in [-0.2, 0) is 6.54 Å². The Morgan fingerprint density at radius 1 is 1.26 bits per heavy atom. The van der Waals surface area contributed by atoms with Gasteiger partial charge in [-0.05, 0) is 45.9 Å². The highest BCUT2D eigenvalue weighted by atomic mass is 16.3. The molecule has 2 aromatic rings. The number of hydrogen-bond donors (Lipinski definition) is 2.